The van der Waals surface area contributed by atoms with Crippen LogP contribution in [0.2, 0.25) is 5.02 Å². The van der Waals surface area contributed by atoms with Gasteiger partial charge < -0.3 is 10.6 Å². The minimum atomic E-state index is 0.533. The minimum absolute atomic E-state index is 0.533. The van der Waals surface area contributed by atoms with Crippen LogP contribution in [0.4, 0.5) is 17.5 Å². The molecule has 0 aliphatic rings. The standard InChI is InChI=1S/C19H17ClN4/c1-2-12-21-19-23-17(14-8-4-3-5-9-14)13-18(24-19)22-16-11-7-6-10-15(16)20/h2-11,13H,1,12H2,(H2,21,22,23,24). The summed E-state index contributed by atoms with van der Waals surface area (Å²) in [5, 5.41) is 7.02. The molecule has 0 bridgehead atoms. The van der Waals surface area contributed by atoms with Crippen molar-refractivity contribution < 1.29 is 0 Å². The zero-order valence-corrected chi connectivity index (χ0v) is 13.8. The SMILES string of the molecule is C=CCNc1nc(Nc2ccccc2Cl)cc(-c2ccccc2)n1. The Kier molecular flexibility index (Phi) is 5.08. The maximum atomic E-state index is 6.22. The molecule has 24 heavy (non-hydrogen) atoms. The summed E-state index contributed by atoms with van der Waals surface area (Å²) in [5.41, 5.74) is 2.64. The normalized spacial score (nSPS) is 10.2. The lowest BCUT2D eigenvalue weighted by atomic mass is 10.1. The van der Waals surface area contributed by atoms with Crippen LogP contribution in [0.5, 0.6) is 0 Å². The van der Waals surface area contributed by atoms with E-state index in [1.54, 1.807) is 6.08 Å². The third kappa shape index (κ3) is 3.91. The molecule has 0 fully saturated rings. The average molecular weight is 337 g/mol. The van der Waals surface area contributed by atoms with Gasteiger partial charge in [0.15, 0.2) is 0 Å². The van der Waals surface area contributed by atoms with Gasteiger partial charge in [-0.25, -0.2) is 4.98 Å². The van der Waals surface area contributed by atoms with E-state index in [9.17, 15) is 0 Å². The van der Waals surface area contributed by atoms with Gasteiger partial charge in [-0.3, -0.25) is 0 Å². The Labute approximate surface area is 146 Å². The molecule has 1 heterocycles. The number of nitrogens with zero attached hydrogens (tertiary/aromatic N) is 2. The highest BCUT2D eigenvalue weighted by molar-refractivity contribution is 6.33. The van der Waals surface area contributed by atoms with Crippen molar-refractivity contribution in [3.8, 4) is 11.3 Å². The van der Waals surface area contributed by atoms with E-state index in [1.807, 2.05) is 60.7 Å². The third-order valence-electron chi connectivity index (χ3n) is 3.34. The van der Waals surface area contributed by atoms with Crippen molar-refractivity contribution in [1.29, 1.82) is 0 Å². The Balaban J connectivity index is 1.98. The van der Waals surface area contributed by atoms with Crippen molar-refractivity contribution in [2.75, 3.05) is 17.2 Å². The number of para-hydroxylation sites is 1. The number of rotatable bonds is 6. The first kappa shape index (κ1) is 16.0. The van der Waals surface area contributed by atoms with Gasteiger partial charge in [0.1, 0.15) is 5.82 Å². The summed E-state index contributed by atoms with van der Waals surface area (Å²) >= 11 is 6.22. The highest BCUT2D eigenvalue weighted by Gasteiger charge is 2.08. The van der Waals surface area contributed by atoms with E-state index >= 15 is 0 Å². The van der Waals surface area contributed by atoms with E-state index in [0.29, 0.717) is 23.3 Å². The molecule has 0 saturated heterocycles. The fraction of sp³-hybridized carbons (Fsp3) is 0.0526. The number of hydrogen-bond acceptors (Lipinski definition) is 4. The molecular weight excluding hydrogens is 320 g/mol. The molecule has 5 heteroatoms. The van der Waals surface area contributed by atoms with E-state index in [-0.39, 0.29) is 0 Å². The summed E-state index contributed by atoms with van der Waals surface area (Å²) in [7, 11) is 0. The first-order valence-electron chi connectivity index (χ1n) is 7.57. The van der Waals surface area contributed by atoms with Crippen LogP contribution >= 0.6 is 11.6 Å². The predicted octanol–water partition coefficient (Wildman–Crippen LogP) is 5.14. The fourth-order valence-corrected chi connectivity index (χ4v) is 2.39. The maximum absolute atomic E-state index is 6.22. The molecule has 4 nitrogen and oxygen atoms in total. The summed E-state index contributed by atoms with van der Waals surface area (Å²) in [6.07, 6.45) is 1.76. The number of nitrogens with one attached hydrogen (secondary N) is 2. The van der Waals surface area contributed by atoms with Crippen molar-refractivity contribution >= 4 is 29.1 Å². The quantitative estimate of drug-likeness (QED) is 0.612. The molecule has 0 aliphatic carbocycles. The van der Waals surface area contributed by atoms with Crippen LogP contribution in [0, 0.1) is 0 Å². The van der Waals surface area contributed by atoms with Crippen LogP contribution in [0.15, 0.2) is 73.3 Å². The number of benzene rings is 2. The van der Waals surface area contributed by atoms with Gasteiger partial charge in [0, 0.05) is 18.2 Å². The van der Waals surface area contributed by atoms with Gasteiger partial charge in [0.2, 0.25) is 5.95 Å². The summed E-state index contributed by atoms with van der Waals surface area (Å²) < 4.78 is 0. The van der Waals surface area contributed by atoms with Gasteiger partial charge >= 0.3 is 0 Å². The number of aromatic nitrogens is 2. The topological polar surface area (TPSA) is 49.8 Å². The molecule has 0 saturated carbocycles. The lowest BCUT2D eigenvalue weighted by Crippen LogP contribution is -2.06. The molecule has 0 amide bonds. The fourth-order valence-electron chi connectivity index (χ4n) is 2.21. The molecule has 3 aromatic rings. The smallest absolute Gasteiger partial charge is 0.225 e. The molecule has 2 N–H and O–H groups in total. The molecule has 0 radical (unpaired) electrons. The lowest BCUT2D eigenvalue weighted by molar-refractivity contribution is 1.12. The van der Waals surface area contributed by atoms with Gasteiger partial charge in [-0.05, 0) is 12.1 Å². The Hall–Kier alpha value is -2.85. The van der Waals surface area contributed by atoms with Crippen molar-refractivity contribution in [2.45, 2.75) is 0 Å². The Bertz CT molecular complexity index is 834. The average Bonchev–Trinajstić information content (AvgIpc) is 2.62. The van der Waals surface area contributed by atoms with E-state index in [2.05, 4.69) is 27.2 Å². The van der Waals surface area contributed by atoms with Crippen LogP contribution in [0.25, 0.3) is 11.3 Å². The van der Waals surface area contributed by atoms with Crippen molar-refractivity contribution in [3.63, 3.8) is 0 Å². The molecule has 0 unspecified atom stereocenters. The van der Waals surface area contributed by atoms with Crippen LogP contribution < -0.4 is 10.6 Å². The molecule has 0 spiro atoms. The first-order valence-corrected chi connectivity index (χ1v) is 7.95. The largest absolute Gasteiger partial charge is 0.351 e. The van der Waals surface area contributed by atoms with E-state index in [0.717, 1.165) is 16.9 Å². The molecular formula is C19H17ClN4. The van der Waals surface area contributed by atoms with Gasteiger partial charge in [0.05, 0.1) is 16.4 Å². The molecule has 0 atom stereocenters. The highest BCUT2D eigenvalue weighted by Crippen LogP contribution is 2.27. The van der Waals surface area contributed by atoms with Crippen molar-refractivity contribution in [3.05, 3.63) is 78.3 Å². The third-order valence-corrected chi connectivity index (χ3v) is 3.67. The summed E-state index contributed by atoms with van der Waals surface area (Å²) in [6, 6.07) is 19.4. The molecule has 2 aromatic carbocycles. The van der Waals surface area contributed by atoms with Gasteiger partial charge in [0.25, 0.3) is 0 Å². The molecule has 3 rings (SSSR count). The van der Waals surface area contributed by atoms with Crippen molar-refractivity contribution in [1.82, 2.24) is 9.97 Å². The van der Waals surface area contributed by atoms with Crippen molar-refractivity contribution in [2.24, 2.45) is 0 Å². The van der Waals surface area contributed by atoms with E-state index in [4.69, 9.17) is 11.6 Å². The van der Waals surface area contributed by atoms with Crippen LogP contribution in [-0.2, 0) is 0 Å². The van der Waals surface area contributed by atoms with Gasteiger partial charge in [-0.1, -0.05) is 60.1 Å². The second-order valence-corrected chi connectivity index (χ2v) is 5.51. The van der Waals surface area contributed by atoms with Crippen LogP contribution in [0.3, 0.4) is 0 Å². The Morgan fingerprint density at radius 1 is 1.00 bits per heavy atom. The molecule has 120 valence electrons. The Morgan fingerprint density at radius 2 is 1.75 bits per heavy atom. The first-order chi connectivity index (χ1) is 11.8. The number of halogens is 1. The van der Waals surface area contributed by atoms with E-state index in [1.165, 1.54) is 0 Å². The summed E-state index contributed by atoms with van der Waals surface area (Å²) in [6.45, 7) is 4.29. The van der Waals surface area contributed by atoms with E-state index < -0.39 is 0 Å². The minimum Gasteiger partial charge on any atom is -0.351 e. The highest BCUT2D eigenvalue weighted by atomic mass is 35.5. The van der Waals surface area contributed by atoms with Crippen LogP contribution in [0.1, 0.15) is 0 Å². The Morgan fingerprint density at radius 3 is 2.50 bits per heavy atom. The summed E-state index contributed by atoms with van der Waals surface area (Å²) in [4.78, 5) is 9.06. The molecule has 1 aromatic heterocycles. The zero-order valence-electron chi connectivity index (χ0n) is 13.0. The molecule has 0 aliphatic heterocycles. The maximum Gasteiger partial charge on any atom is 0.225 e. The number of hydrogen-bond donors (Lipinski definition) is 2. The second kappa shape index (κ2) is 7.62. The van der Waals surface area contributed by atoms with Gasteiger partial charge in [-0.2, -0.15) is 4.98 Å². The monoisotopic (exact) mass is 336 g/mol. The second-order valence-electron chi connectivity index (χ2n) is 5.10. The van der Waals surface area contributed by atoms with Gasteiger partial charge in [-0.15, -0.1) is 6.58 Å². The zero-order chi connectivity index (χ0) is 16.8. The number of anilines is 3. The predicted molar refractivity (Wildman–Crippen MR) is 101 cm³/mol. The van der Waals surface area contributed by atoms with Crippen LogP contribution in [-0.4, -0.2) is 16.5 Å². The summed E-state index contributed by atoms with van der Waals surface area (Å²) in [5.74, 6) is 1.20. The lowest BCUT2D eigenvalue weighted by Gasteiger charge is -2.11.